The van der Waals surface area contributed by atoms with Crippen LogP contribution in [0.25, 0.3) is 0 Å². The number of benzene rings is 1. The molecule has 1 saturated carbocycles. The molecule has 0 radical (unpaired) electrons. The molecule has 3 fully saturated rings. The van der Waals surface area contributed by atoms with Crippen molar-refractivity contribution in [3.8, 4) is 0 Å². The number of ether oxygens (including phenoxy) is 3. The number of halogens is 1. The van der Waals surface area contributed by atoms with Crippen molar-refractivity contribution >= 4 is 0 Å². The Balaban J connectivity index is 1.19. The predicted octanol–water partition coefficient (Wildman–Crippen LogP) is 2.58. The van der Waals surface area contributed by atoms with Crippen LogP contribution in [0.15, 0.2) is 24.3 Å². The van der Waals surface area contributed by atoms with Crippen molar-refractivity contribution in [1.82, 2.24) is 5.32 Å². The van der Waals surface area contributed by atoms with E-state index in [1.54, 1.807) is 12.1 Å². The minimum Gasteiger partial charge on any atom is -0.381 e. The third-order valence-corrected chi connectivity index (χ3v) is 5.28. The molecule has 23 heavy (non-hydrogen) atoms. The average Bonchev–Trinajstić information content (AvgIpc) is 2.91. The van der Waals surface area contributed by atoms with E-state index in [9.17, 15) is 4.39 Å². The average molecular weight is 321 g/mol. The van der Waals surface area contributed by atoms with Gasteiger partial charge in [-0.05, 0) is 36.5 Å². The highest BCUT2D eigenvalue weighted by atomic mass is 19.1. The molecule has 4 nitrogen and oxygen atoms in total. The molecule has 4 rings (SSSR count). The minimum absolute atomic E-state index is 0.137. The molecule has 3 aliphatic rings. The molecule has 1 N–H and O–H groups in total. The first-order valence-electron chi connectivity index (χ1n) is 8.61. The lowest BCUT2D eigenvalue weighted by molar-refractivity contribution is -0.210. The number of hydrogen-bond acceptors (Lipinski definition) is 4. The summed E-state index contributed by atoms with van der Waals surface area (Å²) in [6.07, 6.45) is 4.02. The van der Waals surface area contributed by atoms with Crippen LogP contribution in [0.3, 0.4) is 0 Å². The summed E-state index contributed by atoms with van der Waals surface area (Å²) in [6, 6.07) is 7.43. The molecule has 1 aromatic carbocycles. The highest BCUT2D eigenvalue weighted by Gasteiger charge is 2.43. The van der Waals surface area contributed by atoms with Crippen molar-refractivity contribution in [2.24, 2.45) is 0 Å². The van der Waals surface area contributed by atoms with Crippen molar-refractivity contribution in [3.05, 3.63) is 35.6 Å². The molecule has 2 heterocycles. The predicted molar refractivity (Wildman–Crippen MR) is 83.8 cm³/mol. The Morgan fingerprint density at radius 2 is 1.87 bits per heavy atom. The number of nitrogens with one attached hydrogen (secondary N) is 1. The van der Waals surface area contributed by atoms with Crippen LogP contribution in [-0.2, 0) is 14.2 Å². The smallest absolute Gasteiger partial charge is 0.173 e. The van der Waals surface area contributed by atoms with Crippen molar-refractivity contribution in [2.45, 2.75) is 49.5 Å². The van der Waals surface area contributed by atoms with Gasteiger partial charge in [-0.1, -0.05) is 12.1 Å². The Labute approximate surface area is 136 Å². The molecule has 1 aromatic rings. The van der Waals surface area contributed by atoms with E-state index in [4.69, 9.17) is 14.2 Å². The van der Waals surface area contributed by atoms with E-state index in [1.165, 1.54) is 5.56 Å². The molecular formula is C18H24FNO3. The largest absolute Gasteiger partial charge is 0.381 e. The summed E-state index contributed by atoms with van der Waals surface area (Å²) in [5.74, 6) is -0.000210. The van der Waals surface area contributed by atoms with Gasteiger partial charge < -0.3 is 19.5 Å². The lowest BCUT2D eigenvalue weighted by atomic mass is 9.76. The van der Waals surface area contributed by atoms with Crippen LogP contribution in [0.4, 0.5) is 4.39 Å². The van der Waals surface area contributed by atoms with Gasteiger partial charge >= 0.3 is 0 Å². The van der Waals surface area contributed by atoms with E-state index in [0.29, 0.717) is 18.6 Å². The first-order valence-corrected chi connectivity index (χ1v) is 8.61. The molecule has 0 amide bonds. The van der Waals surface area contributed by atoms with E-state index in [0.717, 1.165) is 45.4 Å². The third-order valence-electron chi connectivity index (χ3n) is 5.28. The lowest BCUT2D eigenvalue weighted by Gasteiger charge is -2.37. The van der Waals surface area contributed by atoms with Gasteiger partial charge in [0, 0.05) is 25.4 Å². The molecular weight excluding hydrogens is 297 g/mol. The zero-order valence-electron chi connectivity index (χ0n) is 13.3. The maximum Gasteiger partial charge on any atom is 0.173 e. The Morgan fingerprint density at radius 3 is 2.61 bits per heavy atom. The van der Waals surface area contributed by atoms with Gasteiger partial charge in [0.1, 0.15) is 5.82 Å². The Morgan fingerprint density at radius 1 is 1.13 bits per heavy atom. The second-order valence-electron chi connectivity index (χ2n) is 6.90. The fourth-order valence-corrected chi connectivity index (χ4v) is 3.75. The highest BCUT2D eigenvalue weighted by Crippen LogP contribution is 2.37. The van der Waals surface area contributed by atoms with Crippen molar-refractivity contribution < 1.29 is 18.6 Å². The van der Waals surface area contributed by atoms with Crippen molar-refractivity contribution in [3.63, 3.8) is 0 Å². The molecule has 5 heteroatoms. The Hall–Kier alpha value is -1.01. The minimum atomic E-state index is -0.388. The van der Waals surface area contributed by atoms with Gasteiger partial charge in [0.25, 0.3) is 0 Å². The summed E-state index contributed by atoms with van der Waals surface area (Å²) in [5.41, 5.74) is 1.24. The topological polar surface area (TPSA) is 39.7 Å². The van der Waals surface area contributed by atoms with Crippen LogP contribution in [0.2, 0.25) is 0 Å². The van der Waals surface area contributed by atoms with Gasteiger partial charge in [0.05, 0.1) is 25.9 Å². The standard InChI is InChI=1S/C18H24FNO3/c19-15-3-1-13(2-4-15)14-9-16(10-14)20-11-17-12-22-18(23-17)5-7-21-8-6-18/h1-4,14,16-17,20H,5-12H2. The second kappa shape index (κ2) is 6.48. The van der Waals surface area contributed by atoms with Crippen LogP contribution in [0, 0.1) is 5.82 Å². The number of hydrogen-bond donors (Lipinski definition) is 1. The summed E-state index contributed by atoms with van der Waals surface area (Å²) in [5, 5.41) is 3.58. The van der Waals surface area contributed by atoms with Crippen LogP contribution >= 0.6 is 0 Å². The van der Waals surface area contributed by atoms with Crippen LogP contribution in [0.1, 0.15) is 37.2 Å². The van der Waals surface area contributed by atoms with Gasteiger partial charge in [-0.25, -0.2) is 4.39 Å². The highest BCUT2D eigenvalue weighted by molar-refractivity contribution is 5.23. The van der Waals surface area contributed by atoms with Crippen molar-refractivity contribution in [1.29, 1.82) is 0 Å². The van der Waals surface area contributed by atoms with E-state index in [1.807, 2.05) is 12.1 Å². The maximum absolute atomic E-state index is 12.9. The van der Waals surface area contributed by atoms with Gasteiger partial charge in [-0.3, -0.25) is 0 Å². The van der Waals surface area contributed by atoms with Crippen LogP contribution in [0.5, 0.6) is 0 Å². The summed E-state index contributed by atoms with van der Waals surface area (Å²) in [4.78, 5) is 0. The first kappa shape index (κ1) is 15.5. The summed E-state index contributed by atoms with van der Waals surface area (Å²) >= 11 is 0. The first-order chi connectivity index (χ1) is 11.2. The lowest BCUT2D eigenvalue weighted by Crippen LogP contribution is -2.44. The summed E-state index contributed by atoms with van der Waals surface area (Å²) in [6.45, 7) is 2.95. The third kappa shape index (κ3) is 3.43. The quantitative estimate of drug-likeness (QED) is 0.925. The second-order valence-corrected chi connectivity index (χ2v) is 6.90. The van der Waals surface area contributed by atoms with E-state index in [-0.39, 0.29) is 17.7 Å². The fourth-order valence-electron chi connectivity index (χ4n) is 3.75. The Bertz CT molecular complexity index is 524. The van der Waals surface area contributed by atoms with Gasteiger partial charge in [0.15, 0.2) is 5.79 Å². The molecule has 2 aliphatic heterocycles. The summed E-state index contributed by atoms with van der Waals surface area (Å²) in [7, 11) is 0. The van der Waals surface area contributed by atoms with Crippen LogP contribution in [-0.4, -0.2) is 44.3 Å². The molecule has 2 saturated heterocycles. The SMILES string of the molecule is Fc1ccc(C2CC(NCC3COC4(CCOCC4)O3)C2)cc1. The monoisotopic (exact) mass is 321 g/mol. The van der Waals surface area contributed by atoms with Crippen LogP contribution < -0.4 is 5.32 Å². The fraction of sp³-hybridized carbons (Fsp3) is 0.667. The molecule has 1 atom stereocenters. The summed E-state index contributed by atoms with van der Waals surface area (Å²) < 4.78 is 30.4. The van der Waals surface area contributed by atoms with Crippen molar-refractivity contribution in [2.75, 3.05) is 26.4 Å². The zero-order valence-corrected chi connectivity index (χ0v) is 13.3. The normalized spacial score (nSPS) is 32.8. The molecule has 0 bridgehead atoms. The zero-order chi connectivity index (χ0) is 15.7. The molecule has 1 unspecified atom stereocenters. The van der Waals surface area contributed by atoms with E-state index in [2.05, 4.69) is 5.32 Å². The van der Waals surface area contributed by atoms with Gasteiger partial charge in [-0.2, -0.15) is 0 Å². The molecule has 1 spiro atoms. The van der Waals surface area contributed by atoms with Gasteiger partial charge in [0.2, 0.25) is 0 Å². The van der Waals surface area contributed by atoms with E-state index >= 15 is 0 Å². The molecule has 1 aliphatic carbocycles. The van der Waals surface area contributed by atoms with Gasteiger partial charge in [-0.15, -0.1) is 0 Å². The molecule has 126 valence electrons. The van der Waals surface area contributed by atoms with E-state index < -0.39 is 0 Å². The maximum atomic E-state index is 12.9. The Kier molecular flexibility index (Phi) is 4.37. The molecule has 0 aromatic heterocycles. The number of rotatable bonds is 4.